The predicted octanol–water partition coefficient (Wildman–Crippen LogP) is -2.15. The van der Waals surface area contributed by atoms with Gasteiger partial charge in [-0.05, 0) is 0 Å². The number of ether oxygens (including phenoxy) is 1. The van der Waals surface area contributed by atoms with Gasteiger partial charge in [0.05, 0.1) is 13.2 Å². The second-order valence-corrected chi connectivity index (χ2v) is 3.61. The summed E-state index contributed by atoms with van der Waals surface area (Å²) >= 11 is 0. The Hall–Kier alpha value is -0.135. The van der Waals surface area contributed by atoms with E-state index in [0.717, 1.165) is 0 Å². The second kappa shape index (κ2) is 2.93. The van der Waals surface area contributed by atoms with Gasteiger partial charge in [-0.25, -0.2) is 0 Å². The summed E-state index contributed by atoms with van der Waals surface area (Å²) in [5.74, 6) is 0. The van der Waals surface area contributed by atoms with Gasteiger partial charge in [-0.3, -0.25) is 4.84 Å². The van der Waals surface area contributed by atoms with Crippen LogP contribution in [0.25, 0.3) is 0 Å². The highest BCUT2D eigenvalue weighted by Crippen LogP contribution is 2.36. The third-order valence-electron chi connectivity index (χ3n) is 2.60. The molecule has 2 fully saturated rings. The summed E-state index contributed by atoms with van der Waals surface area (Å²) in [4.78, 5) is 5.25. The Balaban J connectivity index is 2.26. The van der Waals surface area contributed by atoms with Crippen LogP contribution in [0.15, 0.2) is 0 Å². The van der Waals surface area contributed by atoms with Crippen molar-refractivity contribution in [3.8, 4) is 0 Å². The van der Waals surface area contributed by atoms with Crippen LogP contribution < -0.4 is 0 Å². The van der Waals surface area contributed by atoms with Gasteiger partial charge in [-0.15, -0.1) is 0 Å². The molecule has 5 nitrogen and oxygen atoms in total. The van der Waals surface area contributed by atoms with Crippen LogP contribution in [0.4, 0.5) is 0 Å². The molecule has 0 aliphatic carbocycles. The molecule has 2 heterocycles. The first-order valence-corrected chi connectivity index (χ1v) is 4.19. The van der Waals surface area contributed by atoms with Gasteiger partial charge < -0.3 is 14.9 Å². The van der Waals surface area contributed by atoms with Crippen LogP contribution >= 0.6 is 0 Å². The number of likely N-dealkylation sites (N-methyl/N-ethyl adjacent to an activating group) is 1. The topological polar surface area (TPSA) is 62.2 Å². The van der Waals surface area contributed by atoms with Crippen molar-refractivity contribution in [2.75, 3.05) is 20.2 Å². The van der Waals surface area contributed by atoms with Crippen molar-refractivity contribution in [2.24, 2.45) is 0 Å². The predicted molar refractivity (Wildman–Crippen MR) is 44.0 cm³/mol. The van der Waals surface area contributed by atoms with Crippen LogP contribution in [-0.2, 0) is 9.57 Å². The molecule has 0 aromatic carbocycles. The summed E-state index contributed by atoms with van der Waals surface area (Å²) in [5.41, 5.74) is -0.975. The molecule has 2 N–H and O–H groups in total. The average Bonchev–Trinajstić information content (AvgIpc) is 2.26. The van der Waals surface area contributed by atoms with Crippen molar-refractivity contribution >= 4 is 7.85 Å². The van der Waals surface area contributed by atoms with E-state index in [1.807, 2.05) is 0 Å². The number of aliphatic hydroxyl groups excluding tert-OH is 2. The Morgan fingerprint density at radius 2 is 2.38 bits per heavy atom. The minimum absolute atomic E-state index is 0.258. The molecule has 2 aliphatic heterocycles. The number of hydroxylamine groups is 2. The van der Waals surface area contributed by atoms with Crippen molar-refractivity contribution in [2.45, 2.75) is 23.8 Å². The molecule has 2 bridgehead atoms. The van der Waals surface area contributed by atoms with Gasteiger partial charge >= 0.3 is 0 Å². The average molecular weight is 185 g/mol. The summed E-state index contributed by atoms with van der Waals surface area (Å²) < 4.78 is 5.32. The SMILES string of the molecule is [B][C@@H]1O[C@@]2(CO)CN(C)OC1[C@H]2O. The monoisotopic (exact) mass is 185 g/mol. The molecule has 1 unspecified atom stereocenters. The first kappa shape index (κ1) is 9.42. The Morgan fingerprint density at radius 3 is 3.00 bits per heavy atom. The van der Waals surface area contributed by atoms with Gasteiger partial charge in [0, 0.05) is 13.1 Å². The fourth-order valence-electron chi connectivity index (χ4n) is 1.94. The first-order valence-electron chi connectivity index (χ1n) is 4.19. The molecule has 13 heavy (non-hydrogen) atoms. The molecule has 4 atom stereocenters. The van der Waals surface area contributed by atoms with Crippen LogP contribution in [-0.4, -0.2) is 67.1 Å². The Labute approximate surface area is 77.6 Å². The van der Waals surface area contributed by atoms with Crippen LogP contribution in [0.5, 0.6) is 0 Å². The summed E-state index contributed by atoms with van der Waals surface area (Å²) in [6.07, 6.45) is -1.44. The Bertz CT molecular complexity index is 213. The quantitative estimate of drug-likeness (QED) is 0.456. The van der Waals surface area contributed by atoms with E-state index in [2.05, 4.69) is 0 Å². The summed E-state index contributed by atoms with van der Waals surface area (Å²) in [6.45, 7) is 0.0565. The lowest BCUT2D eigenvalue weighted by molar-refractivity contribution is -0.255. The van der Waals surface area contributed by atoms with Crippen molar-refractivity contribution in [1.29, 1.82) is 0 Å². The summed E-state index contributed by atoms with van der Waals surface area (Å²) in [7, 11) is 7.30. The molecule has 0 aromatic rings. The van der Waals surface area contributed by atoms with E-state index in [4.69, 9.17) is 22.5 Å². The van der Waals surface area contributed by atoms with Crippen molar-refractivity contribution in [3.05, 3.63) is 0 Å². The zero-order chi connectivity index (χ0) is 9.64. The highest BCUT2D eigenvalue weighted by molar-refractivity contribution is 6.11. The van der Waals surface area contributed by atoms with Gasteiger partial charge in [-0.2, -0.15) is 5.06 Å². The Morgan fingerprint density at radius 1 is 1.69 bits per heavy atom. The highest BCUT2D eigenvalue weighted by atomic mass is 16.7. The lowest BCUT2D eigenvalue weighted by Gasteiger charge is -2.38. The number of fused-ring (bicyclic) bond motifs is 2. The molecule has 0 aromatic heterocycles. The smallest absolute Gasteiger partial charge is 0.134 e. The number of rotatable bonds is 1. The van der Waals surface area contributed by atoms with Crippen LogP contribution in [0.2, 0.25) is 0 Å². The number of aliphatic hydroxyl groups is 2. The maximum atomic E-state index is 9.73. The number of nitrogens with zero attached hydrogens (tertiary/aromatic N) is 1. The zero-order valence-electron chi connectivity index (χ0n) is 7.38. The van der Waals surface area contributed by atoms with Crippen LogP contribution in [0, 0.1) is 0 Å². The molecule has 2 saturated heterocycles. The van der Waals surface area contributed by atoms with E-state index in [-0.39, 0.29) is 6.61 Å². The number of hydrogen-bond donors (Lipinski definition) is 2. The van der Waals surface area contributed by atoms with Gasteiger partial charge in [-0.1, -0.05) is 0 Å². The Kier molecular flexibility index (Phi) is 2.12. The van der Waals surface area contributed by atoms with Gasteiger partial charge in [0.1, 0.15) is 25.7 Å². The zero-order valence-corrected chi connectivity index (χ0v) is 7.38. The third-order valence-corrected chi connectivity index (χ3v) is 2.60. The summed E-state index contributed by atoms with van der Waals surface area (Å²) in [6, 6.07) is -0.674. The largest absolute Gasteiger partial charge is 0.393 e. The minimum Gasteiger partial charge on any atom is -0.393 e. The number of hydrogen-bond acceptors (Lipinski definition) is 5. The molecule has 2 rings (SSSR count). The molecule has 0 amide bonds. The first-order chi connectivity index (χ1) is 6.09. The third kappa shape index (κ3) is 1.21. The molecular formula is C7H12BNO4. The molecular weight excluding hydrogens is 173 g/mol. The maximum absolute atomic E-state index is 9.73. The molecule has 0 saturated carbocycles. The fourth-order valence-corrected chi connectivity index (χ4v) is 1.94. The second-order valence-electron chi connectivity index (χ2n) is 3.61. The van der Waals surface area contributed by atoms with E-state index in [9.17, 15) is 5.11 Å². The lowest BCUT2D eigenvalue weighted by Crippen LogP contribution is -2.58. The van der Waals surface area contributed by atoms with Crippen LogP contribution in [0.3, 0.4) is 0 Å². The van der Waals surface area contributed by atoms with Gasteiger partial charge in [0.25, 0.3) is 0 Å². The van der Waals surface area contributed by atoms with E-state index in [1.165, 1.54) is 5.06 Å². The van der Waals surface area contributed by atoms with Crippen LogP contribution in [0.1, 0.15) is 0 Å². The highest BCUT2D eigenvalue weighted by Gasteiger charge is 2.57. The van der Waals surface area contributed by atoms with E-state index >= 15 is 0 Å². The summed E-state index contributed by atoms with van der Waals surface area (Å²) in [5, 5.41) is 20.4. The normalized spacial score (nSPS) is 51.2. The molecule has 2 aliphatic rings. The van der Waals surface area contributed by atoms with E-state index in [1.54, 1.807) is 7.05 Å². The molecule has 2 radical (unpaired) electrons. The molecule has 6 heteroatoms. The minimum atomic E-state index is -0.975. The molecule has 72 valence electrons. The van der Waals surface area contributed by atoms with Gasteiger partial charge in [0.2, 0.25) is 0 Å². The molecule has 0 spiro atoms. The van der Waals surface area contributed by atoms with Crippen molar-refractivity contribution in [1.82, 2.24) is 5.06 Å². The van der Waals surface area contributed by atoms with E-state index < -0.39 is 23.8 Å². The maximum Gasteiger partial charge on any atom is 0.134 e. The van der Waals surface area contributed by atoms with Crippen molar-refractivity contribution in [3.63, 3.8) is 0 Å². The van der Waals surface area contributed by atoms with E-state index in [0.29, 0.717) is 6.54 Å². The van der Waals surface area contributed by atoms with Gasteiger partial charge in [0.15, 0.2) is 0 Å². The lowest BCUT2D eigenvalue weighted by atomic mass is 9.88. The van der Waals surface area contributed by atoms with Crippen molar-refractivity contribution < 1.29 is 19.8 Å². The fraction of sp³-hybridized carbons (Fsp3) is 1.00. The standard InChI is InChI=1S/C7H12BNO4/c1-9-2-7(3-10)5(11)4(13-9)6(8)12-7/h4-6,10-11H,2-3H2,1H3/t4?,5-,6-,7-/m1/s1.